The van der Waals surface area contributed by atoms with E-state index in [2.05, 4.69) is 4.90 Å². The highest BCUT2D eigenvalue weighted by Gasteiger charge is 2.12. The van der Waals surface area contributed by atoms with Gasteiger partial charge in [0.1, 0.15) is 12.1 Å². The Labute approximate surface area is 95.1 Å². The number of piperidine rings is 1. The molecule has 0 N–H and O–H groups in total. The Morgan fingerprint density at radius 2 is 2.00 bits per heavy atom. The Bertz CT molecular complexity index is 372. The zero-order chi connectivity index (χ0) is 11.4. The Hall–Kier alpha value is -1.22. The van der Waals surface area contributed by atoms with E-state index in [1.165, 1.54) is 31.4 Å². The summed E-state index contributed by atoms with van der Waals surface area (Å²) in [5.74, 6) is -0.212. The summed E-state index contributed by atoms with van der Waals surface area (Å²) >= 11 is 0. The van der Waals surface area contributed by atoms with Gasteiger partial charge in [0.25, 0.3) is 0 Å². The zero-order valence-corrected chi connectivity index (χ0v) is 9.29. The molecule has 1 aromatic rings. The molecule has 0 saturated carbocycles. The first-order valence-corrected chi connectivity index (χ1v) is 5.75. The molecule has 0 bridgehead atoms. The molecule has 2 rings (SSSR count). The monoisotopic (exact) mass is 221 g/mol. The highest BCUT2D eigenvalue weighted by molar-refractivity contribution is 5.74. The van der Waals surface area contributed by atoms with E-state index in [0.717, 1.165) is 19.4 Å². The molecule has 3 heteroatoms. The van der Waals surface area contributed by atoms with Crippen LogP contribution in [0.5, 0.6) is 0 Å². The molecule has 1 aromatic carbocycles. The van der Waals surface area contributed by atoms with Gasteiger partial charge in [0.15, 0.2) is 0 Å². The van der Waals surface area contributed by atoms with Crippen LogP contribution < -0.4 is 0 Å². The van der Waals surface area contributed by atoms with Gasteiger partial charge in [0, 0.05) is 17.7 Å². The van der Waals surface area contributed by atoms with E-state index in [9.17, 15) is 9.18 Å². The summed E-state index contributed by atoms with van der Waals surface area (Å²) in [5.41, 5.74) is 1.18. The quantitative estimate of drug-likeness (QED) is 0.731. The fraction of sp³-hybridized carbons (Fsp3) is 0.462. The van der Waals surface area contributed by atoms with Crippen molar-refractivity contribution in [2.24, 2.45) is 0 Å². The van der Waals surface area contributed by atoms with Gasteiger partial charge in [0.2, 0.25) is 0 Å². The average Bonchev–Trinajstić information content (AvgIpc) is 2.33. The van der Waals surface area contributed by atoms with Gasteiger partial charge >= 0.3 is 0 Å². The minimum Gasteiger partial charge on any atom is -0.299 e. The van der Waals surface area contributed by atoms with Crippen molar-refractivity contribution in [3.8, 4) is 0 Å². The third kappa shape index (κ3) is 2.67. The maximum absolute atomic E-state index is 13.5. The SMILES string of the molecule is O=Cc1ccc(F)c(CN2CCCCC2)c1. The van der Waals surface area contributed by atoms with Crippen LogP contribution in [0.2, 0.25) is 0 Å². The number of likely N-dealkylation sites (tertiary alicyclic amines) is 1. The molecule has 0 unspecified atom stereocenters. The van der Waals surface area contributed by atoms with Gasteiger partial charge in [0.05, 0.1) is 0 Å². The van der Waals surface area contributed by atoms with Crippen LogP contribution in [0.1, 0.15) is 35.2 Å². The second kappa shape index (κ2) is 5.21. The van der Waals surface area contributed by atoms with Crippen molar-refractivity contribution < 1.29 is 9.18 Å². The van der Waals surface area contributed by atoms with E-state index in [0.29, 0.717) is 17.7 Å². The van der Waals surface area contributed by atoms with Gasteiger partial charge in [-0.2, -0.15) is 0 Å². The van der Waals surface area contributed by atoms with Crippen LogP contribution in [0.25, 0.3) is 0 Å². The third-order valence-electron chi connectivity index (χ3n) is 3.05. The fourth-order valence-electron chi connectivity index (χ4n) is 2.15. The van der Waals surface area contributed by atoms with Crippen molar-refractivity contribution in [3.63, 3.8) is 0 Å². The molecule has 1 aliphatic heterocycles. The van der Waals surface area contributed by atoms with Crippen LogP contribution in [0.3, 0.4) is 0 Å². The standard InChI is InChI=1S/C13H16FNO/c14-13-5-4-11(10-16)8-12(13)9-15-6-2-1-3-7-15/h4-5,8,10H,1-3,6-7,9H2. The third-order valence-corrected chi connectivity index (χ3v) is 3.05. The van der Waals surface area contributed by atoms with Gasteiger partial charge in [-0.3, -0.25) is 9.69 Å². The van der Waals surface area contributed by atoms with Crippen LogP contribution in [-0.2, 0) is 6.54 Å². The zero-order valence-electron chi connectivity index (χ0n) is 9.29. The van der Waals surface area contributed by atoms with E-state index in [1.807, 2.05) is 0 Å². The van der Waals surface area contributed by atoms with Crippen molar-refractivity contribution in [1.82, 2.24) is 4.90 Å². The van der Waals surface area contributed by atoms with Gasteiger partial charge < -0.3 is 0 Å². The lowest BCUT2D eigenvalue weighted by atomic mass is 10.1. The van der Waals surface area contributed by atoms with Crippen LogP contribution in [0.15, 0.2) is 18.2 Å². The Balaban J connectivity index is 2.09. The summed E-state index contributed by atoms with van der Waals surface area (Å²) in [4.78, 5) is 12.9. The van der Waals surface area contributed by atoms with Crippen LogP contribution in [0.4, 0.5) is 4.39 Å². The van der Waals surface area contributed by atoms with E-state index in [4.69, 9.17) is 0 Å². The fourth-order valence-corrected chi connectivity index (χ4v) is 2.15. The minimum absolute atomic E-state index is 0.212. The molecule has 0 amide bonds. The van der Waals surface area contributed by atoms with Crippen LogP contribution in [0, 0.1) is 5.82 Å². The first-order chi connectivity index (χ1) is 7.79. The second-order valence-corrected chi connectivity index (χ2v) is 4.31. The molecule has 0 aromatic heterocycles. The van der Waals surface area contributed by atoms with Gasteiger partial charge in [-0.1, -0.05) is 6.42 Å². The summed E-state index contributed by atoms with van der Waals surface area (Å²) in [6.45, 7) is 2.68. The number of halogens is 1. The Morgan fingerprint density at radius 1 is 1.25 bits per heavy atom. The summed E-state index contributed by atoms with van der Waals surface area (Å²) < 4.78 is 13.5. The topological polar surface area (TPSA) is 20.3 Å². The predicted molar refractivity (Wildman–Crippen MR) is 60.9 cm³/mol. The summed E-state index contributed by atoms with van der Waals surface area (Å²) in [6, 6.07) is 4.54. The smallest absolute Gasteiger partial charge is 0.150 e. The van der Waals surface area contributed by atoms with Crippen molar-refractivity contribution in [3.05, 3.63) is 35.1 Å². The molecule has 1 fully saturated rings. The van der Waals surface area contributed by atoms with Crippen molar-refractivity contribution in [2.75, 3.05) is 13.1 Å². The van der Waals surface area contributed by atoms with Crippen molar-refractivity contribution in [1.29, 1.82) is 0 Å². The molecule has 0 aliphatic carbocycles. The first kappa shape index (κ1) is 11.3. The van der Waals surface area contributed by atoms with E-state index < -0.39 is 0 Å². The number of aldehydes is 1. The average molecular weight is 221 g/mol. The van der Waals surface area contributed by atoms with Crippen molar-refractivity contribution in [2.45, 2.75) is 25.8 Å². The Kier molecular flexibility index (Phi) is 3.67. The first-order valence-electron chi connectivity index (χ1n) is 5.75. The molecule has 0 spiro atoms. The van der Waals surface area contributed by atoms with E-state index in [-0.39, 0.29) is 5.82 Å². The maximum atomic E-state index is 13.5. The summed E-state index contributed by atoms with van der Waals surface area (Å²) in [7, 11) is 0. The Morgan fingerprint density at radius 3 is 2.69 bits per heavy atom. The molecule has 2 nitrogen and oxygen atoms in total. The van der Waals surface area contributed by atoms with Crippen molar-refractivity contribution >= 4 is 6.29 Å². The van der Waals surface area contributed by atoms with E-state index >= 15 is 0 Å². The van der Waals surface area contributed by atoms with Gasteiger partial charge in [-0.25, -0.2) is 4.39 Å². The lowest BCUT2D eigenvalue weighted by Gasteiger charge is -2.26. The molecular formula is C13H16FNO. The number of rotatable bonds is 3. The molecule has 16 heavy (non-hydrogen) atoms. The number of nitrogens with zero attached hydrogens (tertiary/aromatic N) is 1. The second-order valence-electron chi connectivity index (χ2n) is 4.31. The minimum atomic E-state index is -0.212. The van der Waals surface area contributed by atoms with Crippen LogP contribution >= 0.6 is 0 Å². The number of benzene rings is 1. The molecule has 1 aliphatic rings. The maximum Gasteiger partial charge on any atom is 0.150 e. The summed E-state index contributed by atoms with van der Waals surface area (Å²) in [6.07, 6.45) is 4.41. The lowest BCUT2D eigenvalue weighted by Crippen LogP contribution is -2.29. The molecule has 0 atom stereocenters. The summed E-state index contributed by atoms with van der Waals surface area (Å²) in [5, 5.41) is 0. The number of carbonyl (C=O) groups excluding carboxylic acids is 1. The normalized spacial score (nSPS) is 17.3. The number of hydrogen-bond donors (Lipinski definition) is 0. The molecule has 0 radical (unpaired) electrons. The van der Waals surface area contributed by atoms with E-state index in [1.54, 1.807) is 6.07 Å². The number of carbonyl (C=O) groups is 1. The predicted octanol–water partition coefficient (Wildman–Crippen LogP) is 2.62. The number of hydrogen-bond acceptors (Lipinski definition) is 2. The molecule has 86 valence electrons. The molecule has 1 saturated heterocycles. The molecular weight excluding hydrogens is 205 g/mol. The van der Waals surface area contributed by atoms with Gasteiger partial charge in [-0.15, -0.1) is 0 Å². The lowest BCUT2D eigenvalue weighted by molar-refractivity contribution is 0.112. The highest BCUT2D eigenvalue weighted by atomic mass is 19.1. The largest absolute Gasteiger partial charge is 0.299 e. The van der Waals surface area contributed by atoms with Crippen LogP contribution in [-0.4, -0.2) is 24.3 Å². The highest BCUT2D eigenvalue weighted by Crippen LogP contribution is 2.16. The molecule has 1 heterocycles. The van der Waals surface area contributed by atoms with Gasteiger partial charge in [-0.05, 0) is 44.1 Å².